The number of piperidine rings is 1. The molecule has 1 aliphatic heterocycles. The third-order valence-corrected chi connectivity index (χ3v) is 4.10. The third-order valence-electron chi connectivity index (χ3n) is 4.10. The molecule has 0 radical (unpaired) electrons. The molecule has 1 fully saturated rings. The number of nitrogens with zero attached hydrogens (tertiary/aromatic N) is 1. The van der Waals surface area contributed by atoms with Crippen molar-refractivity contribution in [2.24, 2.45) is 5.92 Å². The molecule has 1 N–H and O–H groups in total. The van der Waals surface area contributed by atoms with Crippen molar-refractivity contribution in [3.05, 3.63) is 35.9 Å². The van der Waals surface area contributed by atoms with Gasteiger partial charge in [0.15, 0.2) is 0 Å². The van der Waals surface area contributed by atoms with Crippen LogP contribution in [0.3, 0.4) is 0 Å². The first-order chi connectivity index (χ1) is 9.33. The van der Waals surface area contributed by atoms with E-state index in [9.17, 15) is 0 Å². The van der Waals surface area contributed by atoms with Crippen LogP contribution in [0.4, 0.5) is 0 Å². The summed E-state index contributed by atoms with van der Waals surface area (Å²) in [6, 6.07) is 11.2. The monoisotopic (exact) mass is 262 g/mol. The Bertz CT molecular complexity index is 347. The van der Waals surface area contributed by atoms with Gasteiger partial charge < -0.3 is 15.0 Å². The lowest BCUT2D eigenvalue weighted by Gasteiger charge is -2.34. The van der Waals surface area contributed by atoms with Crippen LogP contribution in [0.2, 0.25) is 0 Å². The zero-order valence-corrected chi connectivity index (χ0v) is 12.1. The average molecular weight is 262 g/mol. The summed E-state index contributed by atoms with van der Waals surface area (Å²) in [7, 11) is 3.86. The number of nitrogens with one attached hydrogen (secondary N) is 1. The van der Waals surface area contributed by atoms with Crippen LogP contribution in [0.5, 0.6) is 0 Å². The van der Waals surface area contributed by atoms with Crippen LogP contribution in [0.25, 0.3) is 0 Å². The van der Waals surface area contributed by atoms with E-state index in [2.05, 4.69) is 47.6 Å². The molecule has 0 amide bonds. The molecule has 1 aromatic carbocycles. The van der Waals surface area contributed by atoms with Gasteiger partial charge in [0.25, 0.3) is 0 Å². The van der Waals surface area contributed by atoms with Crippen molar-refractivity contribution in [2.45, 2.75) is 18.9 Å². The van der Waals surface area contributed by atoms with Gasteiger partial charge in [-0.05, 0) is 44.5 Å². The maximum Gasteiger partial charge on any atom is 0.0491 e. The largest absolute Gasteiger partial charge is 0.384 e. The second kappa shape index (κ2) is 7.63. The highest BCUT2D eigenvalue weighted by Gasteiger charge is 2.21. The van der Waals surface area contributed by atoms with Gasteiger partial charge in [-0.25, -0.2) is 0 Å². The van der Waals surface area contributed by atoms with Gasteiger partial charge in [0.05, 0.1) is 0 Å². The first kappa shape index (κ1) is 14.5. The Hall–Kier alpha value is -0.900. The number of hydrogen-bond acceptors (Lipinski definition) is 3. The summed E-state index contributed by atoms with van der Waals surface area (Å²) >= 11 is 0. The number of rotatable bonds is 6. The van der Waals surface area contributed by atoms with Crippen LogP contribution in [0, 0.1) is 5.92 Å². The van der Waals surface area contributed by atoms with E-state index in [-0.39, 0.29) is 0 Å². The zero-order chi connectivity index (χ0) is 13.5. The summed E-state index contributed by atoms with van der Waals surface area (Å²) < 4.78 is 5.26. The molecule has 0 saturated carbocycles. The van der Waals surface area contributed by atoms with E-state index < -0.39 is 0 Å². The van der Waals surface area contributed by atoms with Crippen molar-refractivity contribution in [1.82, 2.24) is 10.2 Å². The minimum absolute atomic E-state index is 0.431. The summed E-state index contributed by atoms with van der Waals surface area (Å²) in [6.45, 7) is 4.40. The molecular formula is C16H26N2O. The van der Waals surface area contributed by atoms with Crippen LogP contribution in [-0.2, 0) is 4.74 Å². The lowest BCUT2D eigenvalue weighted by molar-refractivity contribution is 0.0956. The molecule has 1 atom stereocenters. The fourth-order valence-electron chi connectivity index (χ4n) is 2.88. The van der Waals surface area contributed by atoms with Crippen molar-refractivity contribution in [3.63, 3.8) is 0 Å². The van der Waals surface area contributed by atoms with E-state index in [4.69, 9.17) is 4.74 Å². The topological polar surface area (TPSA) is 24.5 Å². The quantitative estimate of drug-likeness (QED) is 0.851. The lowest BCUT2D eigenvalue weighted by atomic mass is 9.97. The van der Waals surface area contributed by atoms with E-state index in [0.717, 1.165) is 19.1 Å². The molecule has 19 heavy (non-hydrogen) atoms. The molecule has 1 saturated heterocycles. The molecule has 0 aliphatic carbocycles. The normalized spacial score (nSPS) is 19.5. The van der Waals surface area contributed by atoms with Gasteiger partial charge in [0, 0.05) is 26.3 Å². The zero-order valence-electron chi connectivity index (χ0n) is 12.1. The first-order valence-electron chi connectivity index (χ1n) is 7.27. The molecule has 106 valence electrons. The highest BCUT2D eigenvalue weighted by molar-refractivity contribution is 5.19. The second-order valence-electron chi connectivity index (χ2n) is 5.45. The molecule has 3 heteroatoms. The van der Waals surface area contributed by atoms with Crippen LogP contribution >= 0.6 is 0 Å². The lowest BCUT2D eigenvalue weighted by Crippen LogP contribution is -2.40. The Morgan fingerprint density at radius 1 is 1.26 bits per heavy atom. The molecular weight excluding hydrogens is 236 g/mol. The molecule has 0 bridgehead atoms. The van der Waals surface area contributed by atoms with E-state index in [1.165, 1.54) is 31.5 Å². The van der Waals surface area contributed by atoms with E-state index in [1.807, 2.05) is 0 Å². The highest BCUT2D eigenvalue weighted by atomic mass is 16.5. The smallest absolute Gasteiger partial charge is 0.0491 e. The van der Waals surface area contributed by atoms with Gasteiger partial charge in [0.2, 0.25) is 0 Å². The SMILES string of the molecule is CNC(CN1CCC(COC)CC1)c1ccccc1. The van der Waals surface area contributed by atoms with E-state index in [0.29, 0.717) is 6.04 Å². The van der Waals surface area contributed by atoms with Crippen LogP contribution in [-0.4, -0.2) is 45.3 Å². The van der Waals surface area contributed by atoms with Crippen molar-refractivity contribution in [2.75, 3.05) is 40.4 Å². The minimum Gasteiger partial charge on any atom is -0.384 e. The predicted molar refractivity (Wildman–Crippen MR) is 79.3 cm³/mol. The maximum atomic E-state index is 5.26. The van der Waals surface area contributed by atoms with Gasteiger partial charge in [0.1, 0.15) is 0 Å². The van der Waals surface area contributed by atoms with Crippen molar-refractivity contribution in [3.8, 4) is 0 Å². The van der Waals surface area contributed by atoms with Crippen LogP contribution < -0.4 is 5.32 Å². The predicted octanol–water partition coefficient (Wildman–Crippen LogP) is 2.31. The Labute approximate surface area is 116 Å². The highest BCUT2D eigenvalue weighted by Crippen LogP contribution is 2.20. The standard InChI is InChI=1S/C16H26N2O/c1-17-16(15-6-4-3-5-7-15)12-18-10-8-14(9-11-18)13-19-2/h3-7,14,16-17H,8-13H2,1-2H3. The number of ether oxygens (including phenoxy) is 1. The molecule has 0 aromatic heterocycles. The van der Waals surface area contributed by atoms with E-state index in [1.54, 1.807) is 7.11 Å². The molecule has 1 heterocycles. The summed E-state index contributed by atoms with van der Waals surface area (Å²) in [6.07, 6.45) is 2.53. The van der Waals surface area contributed by atoms with Crippen LogP contribution in [0.1, 0.15) is 24.4 Å². The van der Waals surface area contributed by atoms with Gasteiger partial charge in [-0.2, -0.15) is 0 Å². The summed E-state index contributed by atoms with van der Waals surface area (Å²) in [5, 5.41) is 3.44. The van der Waals surface area contributed by atoms with E-state index >= 15 is 0 Å². The average Bonchev–Trinajstić information content (AvgIpc) is 2.48. The number of hydrogen-bond donors (Lipinski definition) is 1. The Morgan fingerprint density at radius 2 is 1.95 bits per heavy atom. The second-order valence-corrected chi connectivity index (χ2v) is 5.45. The van der Waals surface area contributed by atoms with Gasteiger partial charge in [-0.3, -0.25) is 0 Å². The van der Waals surface area contributed by atoms with Gasteiger partial charge in [-0.1, -0.05) is 30.3 Å². The Kier molecular flexibility index (Phi) is 5.83. The number of likely N-dealkylation sites (N-methyl/N-ethyl adjacent to an activating group) is 1. The molecule has 1 unspecified atom stereocenters. The minimum atomic E-state index is 0.431. The molecule has 1 aromatic rings. The van der Waals surface area contributed by atoms with Crippen molar-refractivity contribution >= 4 is 0 Å². The molecule has 3 nitrogen and oxygen atoms in total. The van der Waals surface area contributed by atoms with Crippen molar-refractivity contribution in [1.29, 1.82) is 0 Å². The first-order valence-corrected chi connectivity index (χ1v) is 7.27. The molecule has 0 spiro atoms. The summed E-state index contributed by atoms with van der Waals surface area (Å²) in [4.78, 5) is 2.57. The fraction of sp³-hybridized carbons (Fsp3) is 0.625. The Balaban J connectivity index is 1.84. The van der Waals surface area contributed by atoms with Crippen LogP contribution in [0.15, 0.2) is 30.3 Å². The maximum absolute atomic E-state index is 5.26. The molecule has 1 aliphatic rings. The van der Waals surface area contributed by atoms with Gasteiger partial charge in [-0.15, -0.1) is 0 Å². The Morgan fingerprint density at radius 3 is 2.53 bits per heavy atom. The number of likely N-dealkylation sites (tertiary alicyclic amines) is 1. The summed E-state index contributed by atoms with van der Waals surface area (Å²) in [5.74, 6) is 0.756. The fourth-order valence-corrected chi connectivity index (χ4v) is 2.88. The number of methoxy groups -OCH3 is 1. The van der Waals surface area contributed by atoms with Gasteiger partial charge >= 0.3 is 0 Å². The van der Waals surface area contributed by atoms with Crippen molar-refractivity contribution < 1.29 is 4.74 Å². The molecule has 2 rings (SSSR count). The number of benzene rings is 1. The summed E-state index contributed by atoms with van der Waals surface area (Å²) in [5.41, 5.74) is 1.38. The third kappa shape index (κ3) is 4.30.